The smallest absolute Gasteiger partial charge is 0.186 e. The zero-order chi connectivity index (χ0) is 15.7. The maximum Gasteiger partial charge on any atom is 0.186 e. The lowest BCUT2D eigenvalue weighted by Crippen LogP contribution is -2.59. The summed E-state index contributed by atoms with van der Waals surface area (Å²) in [6.07, 6.45) is -6.32. The Hall–Kier alpha value is -0.360. The van der Waals surface area contributed by atoms with E-state index in [1.807, 2.05) is 0 Å². The summed E-state index contributed by atoms with van der Waals surface area (Å²) in [5.74, 6) is 0. The van der Waals surface area contributed by atoms with Crippen molar-refractivity contribution in [3.8, 4) is 0 Å². The third-order valence-corrected chi connectivity index (χ3v) is 2.99. The lowest BCUT2D eigenvalue weighted by molar-refractivity contribution is -0.302. The Morgan fingerprint density at radius 2 is 1.48 bits per heavy atom. The van der Waals surface area contributed by atoms with Gasteiger partial charge in [-0.3, -0.25) is 0 Å². The Morgan fingerprint density at radius 3 is 2.10 bits per heavy atom. The fourth-order valence-electron chi connectivity index (χ4n) is 1.83. The molecule has 0 bridgehead atoms. The largest absolute Gasteiger partial charge is 0.394 e. The summed E-state index contributed by atoms with van der Waals surface area (Å²) in [6.45, 7) is 1.64. The molecule has 0 aromatic carbocycles. The fraction of sp³-hybridized carbons (Fsp3) is 1.00. The molecule has 0 radical (unpaired) electrons. The Kier molecular flexibility index (Phi) is 9.24. The number of hydrogen-bond donors (Lipinski definition) is 5. The number of aliphatic hydroxyl groups is 4. The first kappa shape index (κ1) is 18.7. The third kappa shape index (κ3) is 6.10. The predicted molar refractivity (Wildman–Crippen MR) is 70.4 cm³/mol. The molecule has 0 aromatic rings. The Labute approximate surface area is 123 Å². The first-order valence-corrected chi connectivity index (χ1v) is 6.89. The molecule has 0 spiro atoms. The van der Waals surface area contributed by atoms with Gasteiger partial charge in [-0.25, -0.2) is 0 Å². The molecule has 1 aliphatic rings. The molecule has 2 unspecified atom stereocenters. The number of aliphatic hydroxyl groups excluding tert-OH is 4. The van der Waals surface area contributed by atoms with E-state index >= 15 is 0 Å². The zero-order valence-corrected chi connectivity index (χ0v) is 11.8. The average Bonchev–Trinajstić information content (AvgIpc) is 2.49. The molecule has 21 heavy (non-hydrogen) atoms. The first-order valence-electron chi connectivity index (χ1n) is 6.89. The van der Waals surface area contributed by atoms with Gasteiger partial charge in [0.05, 0.1) is 39.6 Å². The van der Waals surface area contributed by atoms with Crippen molar-refractivity contribution in [3.63, 3.8) is 0 Å². The van der Waals surface area contributed by atoms with Gasteiger partial charge in [-0.15, -0.1) is 0 Å². The normalized spacial score (nSPS) is 33.3. The summed E-state index contributed by atoms with van der Waals surface area (Å²) in [6, 6.07) is 0. The van der Waals surface area contributed by atoms with Gasteiger partial charge in [0.2, 0.25) is 0 Å². The second-order valence-corrected chi connectivity index (χ2v) is 4.58. The summed E-state index contributed by atoms with van der Waals surface area (Å²) in [5.41, 5.74) is 5.25. The van der Waals surface area contributed by atoms with Gasteiger partial charge in [-0.1, -0.05) is 0 Å². The van der Waals surface area contributed by atoms with Crippen LogP contribution in [0.4, 0.5) is 0 Å². The van der Waals surface area contributed by atoms with E-state index < -0.39 is 37.3 Å². The molecule has 0 saturated carbocycles. The van der Waals surface area contributed by atoms with E-state index in [9.17, 15) is 15.3 Å². The number of hydrogen-bond acceptors (Lipinski definition) is 9. The summed E-state index contributed by atoms with van der Waals surface area (Å²) in [4.78, 5) is 0. The van der Waals surface area contributed by atoms with Gasteiger partial charge in [0.1, 0.15) is 24.4 Å². The lowest BCUT2D eigenvalue weighted by Gasteiger charge is -2.39. The van der Waals surface area contributed by atoms with E-state index in [0.717, 1.165) is 0 Å². The van der Waals surface area contributed by atoms with Crippen molar-refractivity contribution >= 4 is 0 Å². The van der Waals surface area contributed by atoms with E-state index in [2.05, 4.69) is 0 Å². The molecule has 1 fully saturated rings. The quantitative estimate of drug-likeness (QED) is 0.263. The van der Waals surface area contributed by atoms with Gasteiger partial charge >= 0.3 is 0 Å². The Bertz CT molecular complexity index is 268. The first-order chi connectivity index (χ1) is 10.1. The van der Waals surface area contributed by atoms with Crippen molar-refractivity contribution in [2.45, 2.75) is 30.7 Å². The van der Waals surface area contributed by atoms with E-state index in [0.29, 0.717) is 26.4 Å². The molecule has 1 heterocycles. The Morgan fingerprint density at radius 1 is 0.857 bits per heavy atom. The molecule has 0 amide bonds. The van der Waals surface area contributed by atoms with Crippen LogP contribution >= 0.6 is 0 Å². The van der Waals surface area contributed by atoms with Crippen LogP contribution in [0.15, 0.2) is 0 Å². The van der Waals surface area contributed by atoms with Crippen LogP contribution in [-0.2, 0) is 18.9 Å². The zero-order valence-electron chi connectivity index (χ0n) is 11.8. The third-order valence-electron chi connectivity index (χ3n) is 2.99. The molecule has 0 aliphatic carbocycles. The van der Waals surface area contributed by atoms with E-state index in [4.69, 9.17) is 29.8 Å². The van der Waals surface area contributed by atoms with Crippen LogP contribution in [-0.4, -0.2) is 97.3 Å². The SMILES string of the molecule is NCCOCCOCCO[C@H]1O[C@H](CO)[C@@H](O)C(O)C1O. The second kappa shape index (κ2) is 10.4. The van der Waals surface area contributed by atoms with Crippen molar-refractivity contribution < 1.29 is 39.4 Å². The maximum absolute atomic E-state index is 9.71. The summed E-state index contributed by atoms with van der Waals surface area (Å²) >= 11 is 0. The predicted octanol–water partition coefficient (Wildman–Crippen LogP) is -3.21. The number of rotatable bonds is 10. The second-order valence-electron chi connectivity index (χ2n) is 4.58. The average molecular weight is 311 g/mol. The van der Waals surface area contributed by atoms with Crippen molar-refractivity contribution in [3.05, 3.63) is 0 Å². The highest BCUT2D eigenvalue weighted by Gasteiger charge is 2.43. The van der Waals surface area contributed by atoms with Crippen molar-refractivity contribution in [2.75, 3.05) is 46.2 Å². The minimum atomic E-state index is -1.44. The molecule has 1 rings (SSSR count). The molecule has 1 aliphatic heterocycles. The molecule has 9 heteroatoms. The number of nitrogens with two attached hydrogens (primary N) is 1. The van der Waals surface area contributed by atoms with Gasteiger partial charge in [-0.2, -0.15) is 0 Å². The van der Waals surface area contributed by atoms with Crippen LogP contribution in [0.5, 0.6) is 0 Å². The molecule has 9 nitrogen and oxygen atoms in total. The van der Waals surface area contributed by atoms with Crippen molar-refractivity contribution in [2.24, 2.45) is 5.73 Å². The molecular weight excluding hydrogens is 286 g/mol. The van der Waals surface area contributed by atoms with E-state index in [1.54, 1.807) is 0 Å². The molecular formula is C12H25NO8. The number of ether oxygens (including phenoxy) is 4. The maximum atomic E-state index is 9.71. The van der Waals surface area contributed by atoms with Gasteiger partial charge in [0, 0.05) is 6.54 Å². The highest BCUT2D eigenvalue weighted by atomic mass is 16.7. The fourth-order valence-corrected chi connectivity index (χ4v) is 1.83. The molecule has 126 valence electrons. The highest BCUT2D eigenvalue weighted by molar-refractivity contribution is 4.88. The van der Waals surface area contributed by atoms with Gasteiger partial charge in [0.25, 0.3) is 0 Å². The van der Waals surface area contributed by atoms with Crippen LogP contribution in [0.1, 0.15) is 0 Å². The standard InChI is InChI=1S/C12H25NO8/c13-1-2-18-3-4-19-5-6-20-12-11(17)10(16)9(15)8(7-14)21-12/h8-12,14-17H,1-7,13H2/t8-,9-,10?,11?,12+/m1/s1. The monoisotopic (exact) mass is 311 g/mol. The van der Waals surface area contributed by atoms with Crippen molar-refractivity contribution in [1.82, 2.24) is 0 Å². The molecule has 6 N–H and O–H groups in total. The van der Waals surface area contributed by atoms with E-state index in [-0.39, 0.29) is 13.2 Å². The summed E-state index contributed by atoms with van der Waals surface area (Å²) in [5, 5.41) is 37.9. The van der Waals surface area contributed by atoms with Crippen LogP contribution < -0.4 is 5.73 Å². The summed E-state index contributed by atoms with van der Waals surface area (Å²) in [7, 11) is 0. The van der Waals surface area contributed by atoms with Crippen LogP contribution in [0, 0.1) is 0 Å². The molecule has 0 aromatic heterocycles. The summed E-state index contributed by atoms with van der Waals surface area (Å²) < 4.78 is 20.7. The van der Waals surface area contributed by atoms with Gasteiger partial charge < -0.3 is 45.1 Å². The van der Waals surface area contributed by atoms with Crippen LogP contribution in [0.2, 0.25) is 0 Å². The minimum Gasteiger partial charge on any atom is -0.394 e. The van der Waals surface area contributed by atoms with Crippen LogP contribution in [0.3, 0.4) is 0 Å². The van der Waals surface area contributed by atoms with Gasteiger partial charge in [-0.05, 0) is 0 Å². The van der Waals surface area contributed by atoms with Gasteiger partial charge in [0.15, 0.2) is 6.29 Å². The van der Waals surface area contributed by atoms with Crippen LogP contribution in [0.25, 0.3) is 0 Å². The van der Waals surface area contributed by atoms with E-state index in [1.165, 1.54) is 0 Å². The Balaban J connectivity index is 2.16. The highest BCUT2D eigenvalue weighted by Crippen LogP contribution is 2.21. The molecule has 1 saturated heterocycles. The lowest BCUT2D eigenvalue weighted by atomic mass is 9.99. The van der Waals surface area contributed by atoms with Crippen molar-refractivity contribution in [1.29, 1.82) is 0 Å². The minimum absolute atomic E-state index is 0.125. The molecule has 5 atom stereocenters. The topological polar surface area (TPSA) is 144 Å².